The van der Waals surface area contributed by atoms with Gasteiger partial charge in [0.25, 0.3) is 0 Å². The second kappa shape index (κ2) is 9.01. The summed E-state index contributed by atoms with van der Waals surface area (Å²) in [6.07, 6.45) is 15.0. The standard InChI is InChI=1S/C20H28FNO2/c1-2-20(12-6-7-17(21)15-22)13-10-16(11-14-20)19(23)24-18-8-4-3-5-9-18/h6-7,12,16,18H,2-5,8-11,13-14H2,1H3/t16-,20+. The molecule has 0 N–H and O–H groups in total. The topological polar surface area (TPSA) is 50.1 Å². The van der Waals surface area contributed by atoms with Crippen molar-refractivity contribution in [2.75, 3.05) is 0 Å². The van der Waals surface area contributed by atoms with E-state index in [1.165, 1.54) is 31.4 Å². The van der Waals surface area contributed by atoms with Gasteiger partial charge in [0.1, 0.15) is 12.2 Å². The number of hydrogen-bond acceptors (Lipinski definition) is 3. The van der Waals surface area contributed by atoms with Gasteiger partial charge in [-0.05, 0) is 69.3 Å². The minimum Gasteiger partial charge on any atom is -0.462 e. The quantitative estimate of drug-likeness (QED) is 0.385. The van der Waals surface area contributed by atoms with Crippen LogP contribution in [0.3, 0.4) is 0 Å². The fraction of sp³-hybridized carbons (Fsp3) is 0.700. The molecule has 0 radical (unpaired) electrons. The van der Waals surface area contributed by atoms with Crippen LogP contribution in [0.5, 0.6) is 0 Å². The molecule has 2 aliphatic carbocycles. The molecule has 0 spiro atoms. The molecule has 24 heavy (non-hydrogen) atoms. The maximum Gasteiger partial charge on any atom is 0.309 e. The molecular formula is C20H28FNO2. The zero-order chi connectivity index (χ0) is 17.4. The molecule has 0 atom stereocenters. The maximum atomic E-state index is 12.9. The van der Waals surface area contributed by atoms with Crippen molar-refractivity contribution in [2.45, 2.75) is 77.2 Å². The molecule has 2 fully saturated rings. The monoisotopic (exact) mass is 333 g/mol. The van der Waals surface area contributed by atoms with E-state index in [4.69, 9.17) is 10.00 Å². The maximum absolute atomic E-state index is 12.9. The number of esters is 1. The molecule has 2 aliphatic rings. The van der Waals surface area contributed by atoms with Crippen molar-refractivity contribution < 1.29 is 13.9 Å². The summed E-state index contributed by atoms with van der Waals surface area (Å²) in [6, 6.07) is 1.48. The molecule has 0 heterocycles. The zero-order valence-electron chi connectivity index (χ0n) is 14.6. The van der Waals surface area contributed by atoms with E-state index in [1.54, 1.807) is 6.08 Å². The Balaban J connectivity index is 1.86. The van der Waals surface area contributed by atoms with E-state index in [1.807, 2.05) is 6.08 Å². The summed E-state index contributed by atoms with van der Waals surface area (Å²) >= 11 is 0. The van der Waals surface area contributed by atoms with E-state index in [0.717, 1.165) is 44.9 Å². The molecule has 0 bridgehead atoms. The van der Waals surface area contributed by atoms with E-state index in [0.29, 0.717) is 0 Å². The molecule has 4 heteroatoms. The Morgan fingerprint density at radius 3 is 2.50 bits per heavy atom. The van der Waals surface area contributed by atoms with Gasteiger partial charge >= 0.3 is 5.97 Å². The Kier molecular flexibility index (Phi) is 7.02. The van der Waals surface area contributed by atoms with Crippen LogP contribution in [0.1, 0.15) is 71.1 Å². The van der Waals surface area contributed by atoms with Crippen LogP contribution in [0, 0.1) is 22.7 Å². The molecule has 2 rings (SSSR count). The predicted molar refractivity (Wildman–Crippen MR) is 91.6 cm³/mol. The van der Waals surface area contributed by atoms with Crippen LogP contribution < -0.4 is 0 Å². The van der Waals surface area contributed by atoms with Gasteiger partial charge in [-0.25, -0.2) is 0 Å². The summed E-state index contributed by atoms with van der Waals surface area (Å²) in [5, 5.41) is 8.44. The molecule has 132 valence electrons. The van der Waals surface area contributed by atoms with Crippen LogP contribution in [0.25, 0.3) is 0 Å². The van der Waals surface area contributed by atoms with Gasteiger partial charge in [0, 0.05) is 0 Å². The summed E-state index contributed by atoms with van der Waals surface area (Å²) in [5.41, 5.74) is 0.00779. The van der Waals surface area contributed by atoms with E-state index >= 15 is 0 Å². The predicted octanol–water partition coefficient (Wildman–Crippen LogP) is 5.38. The Hall–Kier alpha value is -1.63. The molecule has 0 aromatic heterocycles. The van der Waals surface area contributed by atoms with Crippen LogP contribution in [-0.2, 0) is 9.53 Å². The Morgan fingerprint density at radius 2 is 1.92 bits per heavy atom. The first-order valence-corrected chi connectivity index (χ1v) is 9.24. The number of rotatable bonds is 5. The summed E-state index contributed by atoms with van der Waals surface area (Å²) < 4.78 is 18.6. The van der Waals surface area contributed by atoms with Crippen LogP contribution in [-0.4, -0.2) is 12.1 Å². The van der Waals surface area contributed by atoms with Crippen molar-refractivity contribution in [1.29, 1.82) is 5.26 Å². The van der Waals surface area contributed by atoms with Gasteiger partial charge < -0.3 is 4.74 Å². The average Bonchev–Trinajstić information content (AvgIpc) is 2.62. The van der Waals surface area contributed by atoms with Gasteiger partial charge in [-0.2, -0.15) is 9.65 Å². The van der Waals surface area contributed by atoms with E-state index < -0.39 is 5.83 Å². The summed E-state index contributed by atoms with van der Waals surface area (Å²) in [6.45, 7) is 2.12. The Bertz CT molecular complexity index is 518. The highest BCUT2D eigenvalue weighted by Gasteiger charge is 2.35. The number of carbonyl (C=O) groups is 1. The number of hydrogen-bond donors (Lipinski definition) is 0. The van der Waals surface area contributed by atoms with Gasteiger partial charge in [-0.3, -0.25) is 4.79 Å². The van der Waals surface area contributed by atoms with Crippen LogP contribution in [0.15, 0.2) is 24.1 Å². The number of halogens is 1. The fourth-order valence-electron chi connectivity index (χ4n) is 3.88. The number of nitrogens with zero attached hydrogens (tertiary/aromatic N) is 1. The van der Waals surface area contributed by atoms with Crippen LogP contribution >= 0.6 is 0 Å². The van der Waals surface area contributed by atoms with Gasteiger partial charge in [-0.1, -0.05) is 25.5 Å². The molecule has 3 nitrogen and oxygen atoms in total. The van der Waals surface area contributed by atoms with Gasteiger partial charge in [0.2, 0.25) is 0 Å². The van der Waals surface area contributed by atoms with Gasteiger partial charge in [0.15, 0.2) is 5.83 Å². The molecule has 2 saturated carbocycles. The van der Waals surface area contributed by atoms with E-state index in [-0.39, 0.29) is 23.4 Å². The SMILES string of the molecule is CC[C@]1(C=CC=C(F)C#N)CC[C@@H](C(=O)OC2CCCCC2)CC1. The number of nitriles is 1. The van der Waals surface area contributed by atoms with Crippen molar-refractivity contribution in [3.8, 4) is 6.07 Å². The molecule has 0 amide bonds. The summed E-state index contributed by atoms with van der Waals surface area (Å²) in [5.74, 6) is -0.792. The Morgan fingerprint density at radius 1 is 1.25 bits per heavy atom. The third-order valence-electron chi connectivity index (χ3n) is 5.65. The largest absolute Gasteiger partial charge is 0.462 e. The lowest BCUT2D eigenvalue weighted by Crippen LogP contribution is -2.32. The van der Waals surface area contributed by atoms with Crippen molar-refractivity contribution in [3.63, 3.8) is 0 Å². The zero-order valence-corrected chi connectivity index (χ0v) is 14.6. The van der Waals surface area contributed by atoms with Crippen LogP contribution in [0.2, 0.25) is 0 Å². The van der Waals surface area contributed by atoms with E-state index in [9.17, 15) is 9.18 Å². The highest BCUT2D eigenvalue weighted by Crippen LogP contribution is 2.43. The third-order valence-corrected chi connectivity index (χ3v) is 5.65. The highest BCUT2D eigenvalue weighted by atomic mass is 19.1. The second-order valence-electron chi connectivity index (χ2n) is 7.17. The molecule has 0 aromatic rings. The molecule has 0 aromatic carbocycles. The van der Waals surface area contributed by atoms with Gasteiger partial charge in [0.05, 0.1) is 5.92 Å². The summed E-state index contributed by atoms with van der Waals surface area (Å²) in [7, 11) is 0. The first kappa shape index (κ1) is 18.7. The van der Waals surface area contributed by atoms with E-state index in [2.05, 4.69) is 6.92 Å². The molecule has 0 saturated heterocycles. The van der Waals surface area contributed by atoms with Crippen LogP contribution in [0.4, 0.5) is 4.39 Å². The summed E-state index contributed by atoms with van der Waals surface area (Å²) in [4.78, 5) is 12.4. The minimum atomic E-state index is -0.776. The minimum absolute atomic E-state index is 0.00592. The average molecular weight is 333 g/mol. The number of carbonyl (C=O) groups excluding carboxylic acids is 1. The van der Waals surface area contributed by atoms with Crippen molar-refractivity contribution >= 4 is 5.97 Å². The van der Waals surface area contributed by atoms with Crippen molar-refractivity contribution in [2.24, 2.45) is 11.3 Å². The third kappa shape index (κ3) is 5.19. The lowest BCUT2D eigenvalue weighted by atomic mass is 9.69. The van der Waals surface area contributed by atoms with Crippen molar-refractivity contribution in [3.05, 3.63) is 24.1 Å². The fourth-order valence-corrected chi connectivity index (χ4v) is 3.88. The second-order valence-corrected chi connectivity index (χ2v) is 7.17. The lowest BCUT2D eigenvalue weighted by molar-refractivity contribution is -0.157. The Labute approximate surface area is 144 Å². The first-order chi connectivity index (χ1) is 11.6. The number of ether oxygens (including phenoxy) is 1. The van der Waals surface area contributed by atoms with Gasteiger partial charge in [-0.15, -0.1) is 0 Å². The first-order valence-electron chi connectivity index (χ1n) is 9.24. The smallest absolute Gasteiger partial charge is 0.309 e. The van der Waals surface area contributed by atoms with Crippen molar-refractivity contribution in [1.82, 2.24) is 0 Å². The number of allylic oxidation sites excluding steroid dienone is 4. The normalized spacial score (nSPS) is 29.4. The lowest BCUT2D eigenvalue weighted by Gasteiger charge is -2.37. The highest BCUT2D eigenvalue weighted by molar-refractivity contribution is 5.72. The molecular weight excluding hydrogens is 305 g/mol. The molecule has 0 unspecified atom stereocenters. The molecule has 0 aliphatic heterocycles.